The van der Waals surface area contributed by atoms with E-state index in [0.717, 1.165) is 50.3 Å². The first-order valence-corrected chi connectivity index (χ1v) is 10.7. The number of benzene rings is 1. The lowest BCUT2D eigenvalue weighted by Gasteiger charge is -2.39. The number of nitrogens with one attached hydrogen (secondary N) is 1. The lowest BCUT2D eigenvalue weighted by atomic mass is 9.77. The molecule has 1 atom stereocenters. The summed E-state index contributed by atoms with van der Waals surface area (Å²) in [4.78, 5) is 15.2. The van der Waals surface area contributed by atoms with E-state index in [1.165, 1.54) is 12.1 Å². The second-order valence-electron chi connectivity index (χ2n) is 7.28. The quantitative estimate of drug-likeness (QED) is 0.886. The van der Waals surface area contributed by atoms with Crippen molar-refractivity contribution in [2.75, 3.05) is 19.3 Å². The summed E-state index contributed by atoms with van der Waals surface area (Å²) in [7, 11) is -3.29. The monoisotopic (exact) mass is 368 g/mol. The first kappa shape index (κ1) is 18.3. The average molecular weight is 368 g/mol. The molecule has 3 rings (SSSR count). The van der Waals surface area contributed by atoms with Crippen LogP contribution in [-0.2, 0) is 20.2 Å². The van der Waals surface area contributed by atoms with Crippen molar-refractivity contribution in [1.82, 2.24) is 9.62 Å². The molecule has 1 saturated carbocycles. The molecule has 5 nitrogen and oxygen atoms in total. The largest absolute Gasteiger partial charge is 0.340 e. The van der Waals surface area contributed by atoms with Gasteiger partial charge in [0, 0.05) is 19.1 Å². The van der Waals surface area contributed by atoms with Crippen molar-refractivity contribution < 1.29 is 17.6 Å². The molecule has 1 saturated heterocycles. The number of nitrogens with zero attached hydrogens (tertiary/aromatic N) is 1. The van der Waals surface area contributed by atoms with E-state index >= 15 is 0 Å². The van der Waals surface area contributed by atoms with Gasteiger partial charge in [-0.15, -0.1) is 0 Å². The molecular formula is C18H25FN2O3S. The van der Waals surface area contributed by atoms with Gasteiger partial charge in [-0.05, 0) is 43.4 Å². The topological polar surface area (TPSA) is 66.5 Å². The molecule has 1 aromatic rings. The number of rotatable bonds is 4. The van der Waals surface area contributed by atoms with Gasteiger partial charge in [-0.2, -0.15) is 0 Å². The molecule has 0 radical (unpaired) electrons. The minimum atomic E-state index is -3.29. The van der Waals surface area contributed by atoms with Gasteiger partial charge in [0.05, 0.1) is 11.7 Å². The van der Waals surface area contributed by atoms with Crippen LogP contribution in [0.3, 0.4) is 0 Å². The highest BCUT2D eigenvalue weighted by atomic mass is 32.2. The van der Waals surface area contributed by atoms with E-state index in [1.54, 1.807) is 17.0 Å². The molecule has 7 heteroatoms. The number of hydrogen-bond donors (Lipinski definition) is 1. The highest BCUT2D eigenvalue weighted by molar-refractivity contribution is 7.88. The minimum absolute atomic E-state index is 0.0524. The van der Waals surface area contributed by atoms with Gasteiger partial charge in [0.2, 0.25) is 15.9 Å². The Morgan fingerprint density at radius 3 is 2.44 bits per heavy atom. The zero-order valence-electron chi connectivity index (χ0n) is 14.5. The van der Waals surface area contributed by atoms with Crippen LogP contribution < -0.4 is 4.72 Å². The lowest BCUT2D eigenvalue weighted by Crippen LogP contribution is -2.54. The van der Waals surface area contributed by atoms with Crippen LogP contribution in [0, 0.1) is 5.82 Å². The number of halogens is 1. The Morgan fingerprint density at radius 1 is 1.20 bits per heavy atom. The van der Waals surface area contributed by atoms with Gasteiger partial charge in [0.15, 0.2) is 0 Å². The number of amides is 1. The van der Waals surface area contributed by atoms with E-state index in [9.17, 15) is 17.6 Å². The molecule has 1 N–H and O–H groups in total. The van der Waals surface area contributed by atoms with E-state index in [4.69, 9.17) is 0 Å². The van der Waals surface area contributed by atoms with Gasteiger partial charge in [-0.25, -0.2) is 17.5 Å². The Morgan fingerprint density at radius 2 is 1.84 bits per heavy atom. The molecule has 1 aromatic carbocycles. The molecule has 0 aromatic heterocycles. The number of carbonyl (C=O) groups is 1. The lowest BCUT2D eigenvalue weighted by molar-refractivity contribution is -0.138. The summed E-state index contributed by atoms with van der Waals surface area (Å²) in [6, 6.07) is 6.02. The molecule has 2 fully saturated rings. The second kappa shape index (κ2) is 7.03. The molecule has 1 aliphatic heterocycles. The zero-order valence-corrected chi connectivity index (χ0v) is 15.3. The summed E-state index contributed by atoms with van der Waals surface area (Å²) in [5.41, 5.74) is 0.273. The summed E-state index contributed by atoms with van der Waals surface area (Å²) in [6.07, 6.45) is 6.13. The standard InChI is InChI=1S/C18H25FN2O3S/c1-25(23,24)20-16-5-4-12-21(13-16)17(22)18(10-2-3-11-18)14-6-8-15(19)9-7-14/h6-9,16,20H,2-5,10-13H2,1H3. The van der Waals surface area contributed by atoms with E-state index in [-0.39, 0.29) is 17.8 Å². The van der Waals surface area contributed by atoms with Gasteiger partial charge >= 0.3 is 0 Å². The number of piperidine rings is 1. The van der Waals surface area contributed by atoms with Crippen LogP contribution in [0.25, 0.3) is 0 Å². The third-order valence-corrected chi connectivity index (χ3v) is 6.11. The minimum Gasteiger partial charge on any atom is -0.340 e. The predicted octanol–water partition coefficient (Wildman–Crippen LogP) is 2.18. The molecule has 0 spiro atoms. The molecular weight excluding hydrogens is 343 g/mol. The van der Waals surface area contributed by atoms with E-state index in [0.29, 0.717) is 13.1 Å². The number of likely N-dealkylation sites (tertiary alicyclic amines) is 1. The Balaban J connectivity index is 1.82. The Hall–Kier alpha value is -1.47. The fourth-order valence-corrected chi connectivity index (χ4v) is 5.03. The molecule has 1 unspecified atom stereocenters. The van der Waals surface area contributed by atoms with Gasteiger partial charge in [-0.3, -0.25) is 4.79 Å². The van der Waals surface area contributed by atoms with Crippen molar-refractivity contribution in [2.45, 2.75) is 50.0 Å². The summed E-state index contributed by atoms with van der Waals surface area (Å²) >= 11 is 0. The SMILES string of the molecule is CS(=O)(=O)NC1CCCN(C(=O)C2(c3ccc(F)cc3)CCCC2)C1. The maximum absolute atomic E-state index is 13.4. The summed E-state index contributed by atoms with van der Waals surface area (Å²) < 4.78 is 38.9. The van der Waals surface area contributed by atoms with Crippen molar-refractivity contribution in [3.63, 3.8) is 0 Å². The highest BCUT2D eigenvalue weighted by Crippen LogP contribution is 2.43. The fraction of sp³-hybridized carbons (Fsp3) is 0.611. The summed E-state index contributed by atoms with van der Waals surface area (Å²) in [5, 5.41) is 0. The smallest absolute Gasteiger partial charge is 0.233 e. The van der Waals surface area contributed by atoms with Crippen molar-refractivity contribution in [3.8, 4) is 0 Å². The van der Waals surface area contributed by atoms with E-state index in [2.05, 4.69) is 4.72 Å². The van der Waals surface area contributed by atoms with Crippen LogP contribution in [0.2, 0.25) is 0 Å². The average Bonchev–Trinajstić information content (AvgIpc) is 3.04. The van der Waals surface area contributed by atoms with Gasteiger partial charge in [0.1, 0.15) is 5.82 Å². The number of carbonyl (C=O) groups excluding carboxylic acids is 1. The number of sulfonamides is 1. The molecule has 2 aliphatic rings. The first-order valence-electron chi connectivity index (χ1n) is 8.83. The molecule has 1 amide bonds. The predicted molar refractivity (Wildman–Crippen MR) is 94.1 cm³/mol. The third-order valence-electron chi connectivity index (χ3n) is 5.35. The summed E-state index contributed by atoms with van der Waals surface area (Å²) in [6.45, 7) is 1.04. The van der Waals surface area contributed by atoms with Crippen molar-refractivity contribution >= 4 is 15.9 Å². The maximum atomic E-state index is 13.4. The first-order chi connectivity index (χ1) is 11.8. The fourth-order valence-electron chi connectivity index (χ4n) is 4.24. The van der Waals surface area contributed by atoms with Crippen molar-refractivity contribution in [2.24, 2.45) is 0 Å². The van der Waals surface area contributed by atoms with Gasteiger partial charge in [-0.1, -0.05) is 25.0 Å². The summed E-state index contributed by atoms with van der Waals surface area (Å²) in [5.74, 6) is -0.253. The second-order valence-corrected chi connectivity index (χ2v) is 9.06. The van der Waals surface area contributed by atoms with Crippen LogP contribution in [0.5, 0.6) is 0 Å². The molecule has 0 bridgehead atoms. The normalized spacial score (nSPS) is 23.6. The number of hydrogen-bond acceptors (Lipinski definition) is 3. The molecule has 138 valence electrons. The van der Waals surface area contributed by atoms with Gasteiger partial charge in [0.25, 0.3) is 0 Å². The molecule has 1 heterocycles. The Labute approximate surface area is 148 Å². The Kier molecular flexibility index (Phi) is 5.16. The Bertz CT molecular complexity index is 727. The van der Waals surface area contributed by atoms with Crippen molar-refractivity contribution in [3.05, 3.63) is 35.6 Å². The molecule has 25 heavy (non-hydrogen) atoms. The van der Waals surface area contributed by atoms with E-state index in [1.807, 2.05) is 0 Å². The highest BCUT2D eigenvalue weighted by Gasteiger charge is 2.45. The van der Waals surface area contributed by atoms with E-state index < -0.39 is 15.4 Å². The third kappa shape index (κ3) is 4.03. The van der Waals surface area contributed by atoms with Gasteiger partial charge < -0.3 is 4.90 Å². The molecule has 1 aliphatic carbocycles. The van der Waals surface area contributed by atoms with Crippen LogP contribution in [-0.4, -0.2) is 44.6 Å². The zero-order chi connectivity index (χ0) is 18.1. The van der Waals surface area contributed by atoms with Crippen LogP contribution in [0.1, 0.15) is 44.1 Å². The maximum Gasteiger partial charge on any atom is 0.233 e. The van der Waals surface area contributed by atoms with Crippen LogP contribution in [0.4, 0.5) is 4.39 Å². The van der Waals surface area contributed by atoms with Crippen LogP contribution in [0.15, 0.2) is 24.3 Å². The van der Waals surface area contributed by atoms with Crippen molar-refractivity contribution in [1.29, 1.82) is 0 Å². The van der Waals surface area contributed by atoms with Crippen LogP contribution >= 0.6 is 0 Å².